The first-order valence-corrected chi connectivity index (χ1v) is 8.80. The van der Waals surface area contributed by atoms with Crippen molar-refractivity contribution in [3.63, 3.8) is 0 Å². The van der Waals surface area contributed by atoms with E-state index in [0.29, 0.717) is 17.9 Å². The lowest BCUT2D eigenvalue weighted by molar-refractivity contribution is 0.0717. The average molecular weight is 342 g/mol. The van der Waals surface area contributed by atoms with Crippen molar-refractivity contribution >= 4 is 5.91 Å². The van der Waals surface area contributed by atoms with Crippen LogP contribution in [0.15, 0.2) is 42.7 Å². The summed E-state index contributed by atoms with van der Waals surface area (Å²) in [6, 6.07) is 9.63. The van der Waals surface area contributed by atoms with Crippen LogP contribution in [-0.2, 0) is 6.54 Å². The minimum Gasteiger partial charge on any atom is -0.491 e. The number of benzene rings is 1. The van der Waals surface area contributed by atoms with Crippen molar-refractivity contribution in [1.82, 2.24) is 19.6 Å². The smallest absolute Gasteiger partial charge is 0.257 e. The second-order valence-corrected chi connectivity index (χ2v) is 6.67. The van der Waals surface area contributed by atoms with Crippen molar-refractivity contribution < 1.29 is 9.53 Å². The Labute approximate surface area is 149 Å². The molecule has 1 aromatic heterocycles. The molecule has 0 aliphatic carbocycles. The van der Waals surface area contributed by atoms with E-state index in [4.69, 9.17) is 4.74 Å². The third-order valence-corrected chi connectivity index (χ3v) is 4.51. The molecule has 1 atom stereocenters. The van der Waals surface area contributed by atoms with Gasteiger partial charge in [0.2, 0.25) is 0 Å². The number of nitrogens with zero attached hydrogens (tertiary/aromatic N) is 4. The standard InChI is InChI=1S/C19H26N4O2/c1-21(2)13-14-25-18-9-4-3-8-17(18)19(24)23-12-5-7-16(23)15-22-11-6-10-20-22/h3-4,6,8-11,16H,5,7,12-15H2,1-2H3/t16-/m0/s1. The van der Waals surface area contributed by atoms with Gasteiger partial charge in [0, 0.05) is 25.5 Å². The van der Waals surface area contributed by atoms with Gasteiger partial charge in [-0.15, -0.1) is 0 Å². The van der Waals surface area contributed by atoms with Crippen LogP contribution in [0.4, 0.5) is 0 Å². The molecule has 6 heteroatoms. The number of amides is 1. The molecule has 2 aromatic rings. The highest BCUT2D eigenvalue weighted by molar-refractivity contribution is 5.97. The van der Waals surface area contributed by atoms with E-state index in [1.165, 1.54) is 0 Å². The highest BCUT2D eigenvalue weighted by Crippen LogP contribution is 2.26. The fourth-order valence-electron chi connectivity index (χ4n) is 3.18. The van der Waals surface area contributed by atoms with E-state index in [2.05, 4.69) is 10.00 Å². The lowest BCUT2D eigenvalue weighted by atomic mass is 10.1. The van der Waals surface area contributed by atoms with Gasteiger partial charge in [-0.05, 0) is 45.1 Å². The molecule has 0 spiro atoms. The number of likely N-dealkylation sites (tertiary alicyclic amines) is 1. The Bertz CT molecular complexity index is 684. The molecule has 1 aliphatic heterocycles. The molecule has 2 heterocycles. The zero-order valence-electron chi connectivity index (χ0n) is 15.0. The largest absolute Gasteiger partial charge is 0.491 e. The lowest BCUT2D eigenvalue weighted by Crippen LogP contribution is -2.38. The van der Waals surface area contributed by atoms with Gasteiger partial charge in [-0.2, -0.15) is 5.10 Å². The number of likely N-dealkylation sites (N-methyl/N-ethyl adjacent to an activating group) is 1. The van der Waals surface area contributed by atoms with Gasteiger partial charge in [-0.25, -0.2) is 0 Å². The second-order valence-electron chi connectivity index (χ2n) is 6.67. The number of aromatic nitrogens is 2. The summed E-state index contributed by atoms with van der Waals surface area (Å²) in [4.78, 5) is 17.1. The summed E-state index contributed by atoms with van der Waals surface area (Å²) < 4.78 is 7.76. The van der Waals surface area contributed by atoms with Crippen LogP contribution in [0.2, 0.25) is 0 Å². The molecule has 134 valence electrons. The fraction of sp³-hybridized carbons (Fsp3) is 0.474. The van der Waals surface area contributed by atoms with E-state index < -0.39 is 0 Å². The van der Waals surface area contributed by atoms with Gasteiger partial charge >= 0.3 is 0 Å². The summed E-state index contributed by atoms with van der Waals surface area (Å²) in [5.74, 6) is 0.717. The minimum atomic E-state index is 0.0510. The molecular weight excluding hydrogens is 316 g/mol. The molecule has 3 rings (SSSR count). The van der Waals surface area contributed by atoms with Crippen LogP contribution in [0.1, 0.15) is 23.2 Å². The minimum absolute atomic E-state index is 0.0510. The summed E-state index contributed by atoms with van der Waals surface area (Å²) >= 11 is 0. The Morgan fingerprint density at radius 3 is 2.92 bits per heavy atom. The lowest BCUT2D eigenvalue weighted by Gasteiger charge is -2.25. The summed E-state index contributed by atoms with van der Waals surface area (Å²) in [5, 5.41) is 4.27. The first-order valence-electron chi connectivity index (χ1n) is 8.80. The topological polar surface area (TPSA) is 50.6 Å². The zero-order chi connectivity index (χ0) is 17.6. The third-order valence-electron chi connectivity index (χ3n) is 4.51. The van der Waals surface area contributed by atoms with E-state index >= 15 is 0 Å². The summed E-state index contributed by atoms with van der Waals surface area (Å²) in [6.07, 6.45) is 5.75. The molecule has 0 N–H and O–H groups in total. The van der Waals surface area contributed by atoms with E-state index in [0.717, 1.165) is 32.5 Å². The molecule has 1 saturated heterocycles. The predicted molar refractivity (Wildman–Crippen MR) is 96.8 cm³/mol. The molecule has 0 bridgehead atoms. The number of hydrogen-bond acceptors (Lipinski definition) is 4. The van der Waals surface area contributed by atoms with Crippen molar-refractivity contribution in [2.24, 2.45) is 0 Å². The number of rotatable bonds is 7. The molecule has 1 aliphatic rings. The second kappa shape index (κ2) is 8.16. The van der Waals surface area contributed by atoms with Crippen LogP contribution in [0.5, 0.6) is 5.75 Å². The van der Waals surface area contributed by atoms with Gasteiger partial charge in [-0.1, -0.05) is 12.1 Å². The number of para-hydroxylation sites is 1. The number of ether oxygens (including phenoxy) is 1. The van der Waals surface area contributed by atoms with E-state index in [1.807, 2.05) is 60.2 Å². The molecule has 0 unspecified atom stereocenters. The Balaban J connectivity index is 1.71. The maximum atomic E-state index is 13.1. The number of hydrogen-bond donors (Lipinski definition) is 0. The molecule has 0 radical (unpaired) electrons. The summed E-state index contributed by atoms with van der Waals surface area (Å²) in [6.45, 7) is 2.90. The van der Waals surface area contributed by atoms with Crippen LogP contribution in [0.3, 0.4) is 0 Å². The summed E-state index contributed by atoms with van der Waals surface area (Å²) in [7, 11) is 4.01. The van der Waals surface area contributed by atoms with Crippen LogP contribution < -0.4 is 4.74 Å². The quantitative estimate of drug-likeness (QED) is 0.773. The fourth-order valence-corrected chi connectivity index (χ4v) is 3.18. The SMILES string of the molecule is CN(C)CCOc1ccccc1C(=O)N1CCC[C@H]1Cn1cccn1. The van der Waals surface area contributed by atoms with Crippen LogP contribution in [-0.4, -0.2) is 65.3 Å². The maximum Gasteiger partial charge on any atom is 0.257 e. The molecule has 6 nitrogen and oxygen atoms in total. The molecule has 0 saturated carbocycles. The van der Waals surface area contributed by atoms with Gasteiger partial charge in [0.05, 0.1) is 18.2 Å². The van der Waals surface area contributed by atoms with Crippen molar-refractivity contribution in [2.75, 3.05) is 33.8 Å². The van der Waals surface area contributed by atoms with E-state index in [1.54, 1.807) is 6.20 Å². The van der Waals surface area contributed by atoms with Gasteiger partial charge in [0.1, 0.15) is 12.4 Å². The zero-order valence-corrected chi connectivity index (χ0v) is 15.0. The third kappa shape index (κ3) is 4.39. The monoisotopic (exact) mass is 342 g/mol. The van der Waals surface area contributed by atoms with Crippen LogP contribution in [0.25, 0.3) is 0 Å². The van der Waals surface area contributed by atoms with Crippen molar-refractivity contribution in [3.05, 3.63) is 48.3 Å². The van der Waals surface area contributed by atoms with E-state index in [9.17, 15) is 4.79 Å². The number of carbonyl (C=O) groups is 1. The molecule has 1 aromatic carbocycles. The molecular formula is C19H26N4O2. The molecule has 1 fully saturated rings. The molecule has 25 heavy (non-hydrogen) atoms. The first-order chi connectivity index (χ1) is 12.1. The van der Waals surface area contributed by atoms with E-state index in [-0.39, 0.29) is 11.9 Å². The van der Waals surface area contributed by atoms with Gasteiger partial charge in [0.25, 0.3) is 5.91 Å². The predicted octanol–water partition coefficient (Wildman–Crippen LogP) is 2.13. The summed E-state index contributed by atoms with van der Waals surface area (Å²) in [5.41, 5.74) is 0.647. The van der Waals surface area contributed by atoms with Gasteiger partial charge in [-0.3, -0.25) is 9.48 Å². The van der Waals surface area contributed by atoms with Crippen molar-refractivity contribution in [3.8, 4) is 5.75 Å². The normalized spacial score (nSPS) is 17.2. The Morgan fingerprint density at radius 2 is 2.16 bits per heavy atom. The Morgan fingerprint density at radius 1 is 1.32 bits per heavy atom. The highest BCUT2D eigenvalue weighted by atomic mass is 16.5. The van der Waals surface area contributed by atoms with Crippen LogP contribution >= 0.6 is 0 Å². The Hall–Kier alpha value is -2.34. The first kappa shape index (κ1) is 17.5. The Kier molecular flexibility index (Phi) is 5.71. The van der Waals surface area contributed by atoms with Gasteiger partial charge < -0.3 is 14.5 Å². The average Bonchev–Trinajstić information content (AvgIpc) is 3.27. The number of carbonyl (C=O) groups excluding carboxylic acids is 1. The molecule has 1 amide bonds. The highest BCUT2D eigenvalue weighted by Gasteiger charge is 2.31. The maximum absolute atomic E-state index is 13.1. The van der Waals surface area contributed by atoms with Crippen molar-refractivity contribution in [1.29, 1.82) is 0 Å². The van der Waals surface area contributed by atoms with Crippen molar-refractivity contribution in [2.45, 2.75) is 25.4 Å². The van der Waals surface area contributed by atoms with Gasteiger partial charge in [0.15, 0.2) is 0 Å². The van der Waals surface area contributed by atoms with Crippen LogP contribution in [0, 0.1) is 0 Å².